The molecule has 0 radical (unpaired) electrons. The van der Waals surface area contributed by atoms with Gasteiger partial charge in [0.05, 0.1) is 11.3 Å². The van der Waals surface area contributed by atoms with Gasteiger partial charge in [0, 0.05) is 17.8 Å². The normalized spacial score (nSPS) is 12.6. The molecule has 3 aromatic rings. The van der Waals surface area contributed by atoms with Crippen molar-refractivity contribution in [1.29, 1.82) is 0 Å². The number of benzene rings is 1. The first-order chi connectivity index (χ1) is 14.7. The Morgan fingerprint density at radius 2 is 1.94 bits per heavy atom. The highest BCUT2D eigenvalue weighted by Gasteiger charge is 2.22. The van der Waals surface area contributed by atoms with E-state index in [-0.39, 0.29) is 17.6 Å². The van der Waals surface area contributed by atoms with Crippen LogP contribution in [0.5, 0.6) is 0 Å². The number of nitrogen functional groups attached to an aromatic ring is 1. The summed E-state index contributed by atoms with van der Waals surface area (Å²) < 4.78 is 2.74. The van der Waals surface area contributed by atoms with Gasteiger partial charge in [-0.15, -0.1) is 5.10 Å². The van der Waals surface area contributed by atoms with Crippen LogP contribution in [0.2, 0.25) is 0 Å². The Bertz CT molecular complexity index is 1230. The van der Waals surface area contributed by atoms with Gasteiger partial charge >= 0.3 is 5.69 Å². The molecule has 2 aromatic heterocycles. The minimum absolute atomic E-state index is 0.0632. The van der Waals surface area contributed by atoms with Gasteiger partial charge in [0.2, 0.25) is 5.95 Å². The van der Waals surface area contributed by atoms with Crippen LogP contribution in [-0.4, -0.2) is 24.4 Å². The molecule has 0 atom stereocenters. The second kappa shape index (κ2) is 9.01. The van der Waals surface area contributed by atoms with Crippen LogP contribution in [-0.2, 0) is 6.54 Å². The Morgan fingerprint density at radius 1 is 1.26 bits per heavy atom. The Morgan fingerprint density at radius 3 is 2.52 bits per heavy atom. The number of hydrogen-bond donors (Lipinski definition) is 3. The maximum absolute atomic E-state index is 13.0. The molecule has 0 saturated carbocycles. The number of nitrogens with zero attached hydrogens (tertiary/aromatic N) is 4. The molecule has 4 N–H and O–H groups in total. The molecular formula is C23H28N6O2. The Labute approximate surface area is 181 Å². The smallest absolute Gasteiger partial charge is 0.353 e. The molecule has 0 fully saturated rings. The van der Waals surface area contributed by atoms with Gasteiger partial charge < -0.3 is 5.73 Å². The quantitative estimate of drug-likeness (QED) is 0.398. The number of allylic oxidation sites excluding steroid dienone is 5. The van der Waals surface area contributed by atoms with Crippen LogP contribution in [0.4, 0.5) is 5.95 Å². The Hall–Kier alpha value is -3.65. The van der Waals surface area contributed by atoms with Gasteiger partial charge in [-0.1, -0.05) is 62.4 Å². The predicted octanol–water partition coefficient (Wildman–Crippen LogP) is 3.64. The van der Waals surface area contributed by atoms with E-state index in [1.54, 1.807) is 13.0 Å². The van der Waals surface area contributed by atoms with Crippen molar-refractivity contribution < 1.29 is 5.21 Å². The molecule has 0 aliphatic carbocycles. The Kier molecular flexibility index (Phi) is 6.41. The number of aromatic nitrogens is 4. The first-order valence-corrected chi connectivity index (χ1v) is 10.0. The lowest BCUT2D eigenvalue weighted by Gasteiger charge is -2.14. The summed E-state index contributed by atoms with van der Waals surface area (Å²) in [5, 5.41) is 14.0. The van der Waals surface area contributed by atoms with E-state index < -0.39 is 0 Å². The molecule has 0 aliphatic rings. The van der Waals surface area contributed by atoms with E-state index in [4.69, 9.17) is 5.73 Å². The maximum Gasteiger partial charge on any atom is 0.353 e. The van der Waals surface area contributed by atoms with Crippen molar-refractivity contribution in [1.82, 2.24) is 24.6 Å². The number of rotatable bonds is 7. The molecule has 0 amide bonds. The second-order valence-electron chi connectivity index (χ2n) is 7.96. The van der Waals surface area contributed by atoms with E-state index in [0.717, 1.165) is 11.1 Å². The van der Waals surface area contributed by atoms with Gasteiger partial charge in [0.15, 0.2) is 5.65 Å². The molecule has 3 rings (SSSR count). The standard InChI is InChI=1S/C23H28N6O2/c1-14(2)11-18(12-16(5)27-31)19-20(17-9-7-6-8-10-17)25-22(24)29-21(19)26-28(23(29)30)13-15(3)4/h6-12,15,27,31H,1,13H2,2-5H3,(H2,24,25)/b16-12-,18-11+. The van der Waals surface area contributed by atoms with Crippen LogP contribution in [0.3, 0.4) is 0 Å². The zero-order valence-electron chi connectivity index (χ0n) is 18.3. The van der Waals surface area contributed by atoms with Crippen molar-refractivity contribution in [2.75, 3.05) is 5.73 Å². The third-order valence-electron chi connectivity index (χ3n) is 4.58. The summed E-state index contributed by atoms with van der Waals surface area (Å²) in [5.41, 5.74) is 12.4. The zero-order chi connectivity index (χ0) is 22.7. The van der Waals surface area contributed by atoms with Crippen molar-refractivity contribution in [3.05, 3.63) is 76.4 Å². The average molecular weight is 421 g/mol. The first kappa shape index (κ1) is 22.0. The Balaban J connectivity index is 2.49. The van der Waals surface area contributed by atoms with Crippen molar-refractivity contribution in [2.24, 2.45) is 5.92 Å². The van der Waals surface area contributed by atoms with Crippen LogP contribution < -0.4 is 16.9 Å². The number of hydrogen-bond acceptors (Lipinski definition) is 6. The lowest BCUT2D eigenvalue weighted by Crippen LogP contribution is -2.25. The molecule has 1 aromatic carbocycles. The maximum atomic E-state index is 13.0. The second-order valence-corrected chi connectivity index (χ2v) is 7.96. The lowest BCUT2D eigenvalue weighted by molar-refractivity contribution is 0.201. The van der Waals surface area contributed by atoms with Crippen LogP contribution in [0.15, 0.2) is 65.1 Å². The summed E-state index contributed by atoms with van der Waals surface area (Å²) in [7, 11) is 0. The molecule has 31 heavy (non-hydrogen) atoms. The number of hydroxylamine groups is 1. The fraction of sp³-hybridized carbons (Fsp3) is 0.261. The molecular weight excluding hydrogens is 392 g/mol. The molecule has 0 aliphatic heterocycles. The van der Waals surface area contributed by atoms with Gasteiger partial charge in [0.25, 0.3) is 0 Å². The zero-order valence-corrected chi connectivity index (χ0v) is 18.3. The summed E-state index contributed by atoms with van der Waals surface area (Å²) in [4.78, 5) is 17.6. The summed E-state index contributed by atoms with van der Waals surface area (Å²) in [6, 6.07) is 9.57. The molecule has 8 heteroatoms. The van der Waals surface area contributed by atoms with Crippen molar-refractivity contribution in [2.45, 2.75) is 34.2 Å². The summed E-state index contributed by atoms with van der Waals surface area (Å²) >= 11 is 0. The summed E-state index contributed by atoms with van der Waals surface area (Å²) in [5.74, 6) is 0.285. The number of nitrogens with two attached hydrogens (primary N) is 1. The van der Waals surface area contributed by atoms with E-state index in [1.807, 2.05) is 57.2 Å². The van der Waals surface area contributed by atoms with Crippen LogP contribution >= 0.6 is 0 Å². The van der Waals surface area contributed by atoms with Gasteiger partial charge in [-0.3, -0.25) is 10.7 Å². The SMILES string of the molecule is C=C(C)/C=C(\C=C(\C)NO)c1c(-c2ccccc2)nc(N)n2c(=O)n(CC(C)C)nc12. The minimum atomic E-state index is -0.342. The number of nitrogens with one attached hydrogen (secondary N) is 1. The fourth-order valence-electron chi connectivity index (χ4n) is 3.36. The number of anilines is 1. The van der Waals surface area contributed by atoms with Crippen molar-refractivity contribution in [3.8, 4) is 11.3 Å². The first-order valence-electron chi connectivity index (χ1n) is 10.0. The van der Waals surface area contributed by atoms with Gasteiger partial charge in [-0.05, 0) is 31.4 Å². The van der Waals surface area contributed by atoms with Crippen LogP contribution in [0, 0.1) is 5.92 Å². The highest BCUT2D eigenvalue weighted by Crippen LogP contribution is 2.33. The van der Waals surface area contributed by atoms with E-state index in [2.05, 4.69) is 22.1 Å². The average Bonchev–Trinajstić information content (AvgIpc) is 3.03. The van der Waals surface area contributed by atoms with Gasteiger partial charge in [-0.25, -0.2) is 18.9 Å². The van der Waals surface area contributed by atoms with E-state index in [0.29, 0.717) is 34.7 Å². The van der Waals surface area contributed by atoms with Crippen LogP contribution in [0.25, 0.3) is 22.5 Å². The van der Waals surface area contributed by atoms with Gasteiger partial charge in [-0.2, -0.15) is 0 Å². The molecule has 0 spiro atoms. The van der Waals surface area contributed by atoms with Gasteiger partial charge in [0.1, 0.15) is 0 Å². The molecule has 162 valence electrons. The largest absolute Gasteiger partial charge is 0.369 e. The highest BCUT2D eigenvalue weighted by molar-refractivity contribution is 5.92. The monoisotopic (exact) mass is 420 g/mol. The van der Waals surface area contributed by atoms with Crippen LogP contribution in [0.1, 0.15) is 33.3 Å². The lowest BCUT2D eigenvalue weighted by atomic mass is 9.97. The third kappa shape index (κ3) is 4.59. The summed E-state index contributed by atoms with van der Waals surface area (Å²) in [6.45, 7) is 12.1. The van der Waals surface area contributed by atoms with E-state index in [1.165, 1.54) is 9.08 Å². The minimum Gasteiger partial charge on any atom is -0.369 e. The van der Waals surface area contributed by atoms with E-state index in [9.17, 15) is 10.0 Å². The predicted molar refractivity (Wildman–Crippen MR) is 123 cm³/mol. The topological polar surface area (TPSA) is 110 Å². The summed E-state index contributed by atoms with van der Waals surface area (Å²) in [6.07, 6.45) is 3.60. The third-order valence-corrected chi connectivity index (χ3v) is 4.58. The molecule has 2 heterocycles. The van der Waals surface area contributed by atoms with Crippen molar-refractivity contribution in [3.63, 3.8) is 0 Å². The molecule has 0 unspecified atom stereocenters. The fourth-order valence-corrected chi connectivity index (χ4v) is 3.36. The van der Waals surface area contributed by atoms with Crippen molar-refractivity contribution >= 4 is 17.2 Å². The highest BCUT2D eigenvalue weighted by atomic mass is 16.5. The molecule has 8 nitrogen and oxygen atoms in total. The molecule has 0 saturated heterocycles. The number of fused-ring (bicyclic) bond motifs is 1. The van der Waals surface area contributed by atoms with E-state index >= 15 is 0 Å². The molecule has 0 bridgehead atoms.